The first-order valence-electron chi connectivity index (χ1n) is 5.77. The third-order valence-electron chi connectivity index (χ3n) is 2.51. The molecule has 106 valence electrons. The highest BCUT2D eigenvalue weighted by atomic mass is 32.2. The predicted octanol–water partition coefficient (Wildman–Crippen LogP) is 1.50. The zero-order chi connectivity index (χ0) is 14.6. The highest BCUT2D eigenvalue weighted by Gasteiger charge is 2.20. The highest BCUT2D eigenvalue weighted by Crippen LogP contribution is 2.23. The van der Waals surface area contributed by atoms with Crippen molar-refractivity contribution in [1.82, 2.24) is 4.72 Å². The molecule has 0 aromatic heterocycles. The van der Waals surface area contributed by atoms with E-state index in [0.29, 0.717) is 12.3 Å². The molecule has 1 aromatic rings. The Bertz CT molecular complexity index is 569. The average molecular weight is 287 g/mol. The monoisotopic (exact) mass is 287 g/mol. The number of nitro benzene ring substituents is 1. The summed E-state index contributed by atoms with van der Waals surface area (Å²) in [6.45, 7) is 4.20. The fourth-order valence-electron chi connectivity index (χ4n) is 1.43. The van der Waals surface area contributed by atoms with E-state index in [4.69, 9.17) is 5.73 Å². The maximum Gasteiger partial charge on any atom is 0.270 e. The Kier molecular flexibility index (Phi) is 4.84. The summed E-state index contributed by atoms with van der Waals surface area (Å²) in [5, 5.41) is 10.6. The van der Waals surface area contributed by atoms with Crippen LogP contribution in [0.1, 0.15) is 20.3 Å². The molecular formula is C11H17N3O4S. The van der Waals surface area contributed by atoms with Gasteiger partial charge in [0.15, 0.2) is 0 Å². The van der Waals surface area contributed by atoms with E-state index >= 15 is 0 Å². The molecule has 0 atom stereocenters. The van der Waals surface area contributed by atoms with Crippen molar-refractivity contribution in [2.45, 2.75) is 25.2 Å². The zero-order valence-electron chi connectivity index (χ0n) is 10.8. The standard InChI is InChI=1S/C11H17N3O4S/c1-8(2)5-6-13-19(17,18)11-7-9(14(15)16)3-4-10(11)12/h3-4,7-8,13H,5-6,12H2,1-2H3. The lowest BCUT2D eigenvalue weighted by molar-refractivity contribution is -0.385. The van der Waals surface area contributed by atoms with Gasteiger partial charge in [-0.05, 0) is 18.4 Å². The van der Waals surface area contributed by atoms with Gasteiger partial charge < -0.3 is 5.73 Å². The van der Waals surface area contributed by atoms with E-state index in [9.17, 15) is 18.5 Å². The Balaban J connectivity index is 3.00. The Morgan fingerprint density at radius 2 is 2.05 bits per heavy atom. The Labute approximate surface area is 112 Å². The number of nitrogens with zero attached hydrogens (tertiary/aromatic N) is 1. The SMILES string of the molecule is CC(C)CCNS(=O)(=O)c1cc([N+](=O)[O-])ccc1N. The molecule has 3 N–H and O–H groups in total. The number of benzene rings is 1. The van der Waals surface area contributed by atoms with Gasteiger partial charge in [-0.1, -0.05) is 13.8 Å². The van der Waals surface area contributed by atoms with Crippen LogP contribution in [-0.4, -0.2) is 19.9 Å². The molecular weight excluding hydrogens is 270 g/mol. The summed E-state index contributed by atoms with van der Waals surface area (Å²) in [5.74, 6) is 0.352. The van der Waals surface area contributed by atoms with Gasteiger partial charge >= 0.3 is 0 Å². The molecule has 0 radical (unpaired) electrons. The Hall–Kier alpha value is -1.67. The molecule has 19 heavy (non-hydrogen) atoms. The van der Waals surface area contributed by atoms with Gasteiger partial charge in [-0.25, -0.2) is 13.1 Å². The molecule has 0 saturated heterocycles. The van der Waals surface area contributed by atoms with Crippen LogP contribution in [0, 0.1) is 16.0 Å². The zero-order valence-corrected chi connectivity index (χ0v) is 11.6. The minimum Gasteiger partial charge on any atom is -0.398 e. The van der Waals surface area contributed by atoms with Crippen LogP contribution in [0.15, 0.2) is 23.1 Å². The summed E-state index contributed by atoms with van der Waals surface area (Å²) in [5.41, 5.74) is 5.25. The summed E-state index contributed by atoms with van der Waals surface area (Å²) in [7, 11) is -3.82. The van der Waals surface area contributed by atoms with Crippen molar-refractivity contribution in [3.05, 3.63) is 28.3 Å². The first-order valence-corrected chi connectivity index (χ1v) is 7.26. The van der Waals surface area contributed by atoms with Crippen LogP contribution < -0.4 is 10.5 Å². The van der Waals surface area contributed by atoms with Gasteiger partial charge in [0, 0.05) is 18.7 Å². The van der Waals surface area contributed by atoms with Crippen LogP contribution in [0.25, 0.3) is 0 Å². The number of rotatable bonds is 6. The number of anilines is 1. The Morgan fingerprint density at radius 3 is 2.58 bits per heavy atom. The highest BCUT2D eigenvalue weighted by molar-refractivity contribution is 7.89. The molecule has 1 aromatic carbocycles. The molecule has 8 heteroatoms. The van der Waals surface area contributed by atoms with Crippen LogP contribution in [0.4, 0.5) is 11.4 Å². The van der Waals surface area contributed by atoms with Gasteiger partial charge in [-0.2, -0.15) is 0 Å². The van der Waals surface area contributed by atoms with E-state index in [0.717, 1.165) is 6.07 Å². The topological polar surface area (TPSA) is 115 Å². The molecule has 7 nitrogen and oxygen atoms in total. The third kappa shape index (κ3) is 4.18. The van der Waals surface area contributed by atoms with Gasteiger partial charge in [-0.15, -0.1) is 0 Å². The van der Waals surface area contributed by atoms with E-state index in [2.05, 4.69) is 4.72 Å². The van der Waals surface area contributed by atoms with E-state index in [1.807, 2.05) is 13.8 Å². The number of hydrogen-bond acceptors (Lipinski definition) is 5. The van der Waals surface area contributed by atoms with Crippen molar-refractivity contribution in [2.75, 3.05) is 12.3 Å². The Morgan fingerprint density at radius 1 is 1.42 bits per heavy atom. The van der Waals surface area contributed by atoms with Crippen LogP contribution in [-0.2, 0) is 10.0 Å². The van der Waals surface area contributed by atoms with E-state index in [1.54, 1.807) is 0 Å². The second-order valence-electron chi connectivity index (χ2n) is 4.56. The van der Waals surface area contributed by atoms with Crippen molar-refractivity contribution < 1.29 is 13.3 Å². The van der Waals surface area contributed by atoms with Gasteiger partial charge in [0.05, 0.1) is 10.6 Å². The number of nitrogens with two attached hydrogens (primary N) is 1. The van der Waals surface area contributed by atoms with Crippen molar-refractivity contribution >= 4 is 21.4 Å². The normalized spacial score (nSPS) is 11.7. The molecule has 0 saturated carbocycles. The summed E-state index contributed by atoms with van der Waals surface area (Å²) in [6.07, 6.45) is 0.675. The number of nitrogens with one attached hydrogen (secondary N) is 1. The van der Waals surface area contributed by atoms with Crippen molar-refractivity contribution in [3.8, 4) is 0 Å². The number of hydrogen-bond donors (Lipinski definition) is 2. The van der Waals surface area contributed by atoms with E-state index < -0.39 is 14.9 Å². The van der Waals surface area contributed by atoms with Gasteiger partial charge in [0.2, 0.25) is 10.0 Å². The lowest BCUT2D eigenvalue weighted by Crippen LogP contribution is -2.26. The molecule has 0 fully saturated rings. The molecule has 0 heterocycles. The average Bonchev–Trinajstić information content (AvgIpc) is 2.28. The van der Waals surface area contributed by atoms with E-state index in [-0.39, 0.29) is 22.8 Å². The summed E-state index contributed by atoms with van der Waals surface area (Å²) < 4.78 is 26.4. The third-order valence-corrected chi connectivity index (χ3v) is 4.03. The summed E-state index contributed by atoms with van der Waals surface area (Å²) in [6, 6.07) is 3.35. The molecule has 0 aliphatic heterocycles. The fourth-order valence-corrected chi connectivity index (χ4v) is 2.63. The minimum absolute atomic E-state index is 0.0114. The maximum atomic E-state index is 12.0. The van der Waals surface area contributed by atoms with Gasteiger partial charge in [0.1, 0.15) is 4.90 Å². The number of nitro groups is 1. The molecule has 0 bridgehead atoms. The molecule has 0 spiro atoms. The summed E-state index contributed by atoms with van der Waals surface area (Å²) in [4.78, 5) is 9.73. The van der Waals surface area contributed by atoms with Crippen molar-refractivity contribution in [3.63, 3.8) is 0 Å². The fraction of sp³-hybridized carbons (Fsp3) is 0.455. The smallest absolute Gasteiger partial charge is 0.270 e. The summed E-state index contributed by atoms with van der Waals surface area (Å²) >= 11 is 0. The second-order valence-corrected chi connectivity index (χ2v) is 6.29. The van der Waals surface area contributed by atoms with Crippen molar-refractivity contribution in [1.29, 1.82) is 0 Å². The largest absolute Gasteiger partial charge is 0.398 e. The number of non-ortho nitro benzene ring substituents is 1. The quantitative estimate of drug-likeness (QED) is 0.467. The lowest BCUT2D eigenvalue weighted by Gasteiger charge is -2.10. The number of sulfonamides is 1. The van der Waals surface area contributed by atoms with Crippen LogP contribution in [0.2, 0.25) is 0 Å². The van der Waals surface area contributed by atoms with Crippen LogP contribution >= 0.6 is 0 Å². The first-order chi connectivity index (χ1) is 8.74. The van der Waals surface area contributed by atoms with Crippen LogP contribution in [0.5, 0.6) is 0 Å². The lowest BCUT2D eigenvalue weighted by atomic mass is 10.1. The van der Waals surface area contributed by atoms with Gasteiger partial charge in [-0.3, -0.25) is 10.1 Å². The number of nitrogen functional groups attached to an aromatic ring is 1. The molecule has 0 amide bonds. The van der Waals surface area contributed by atoms with Crippen LogP contribution in [0.3, 0.4) is 0 Å². The van der Waals surface area contributed by atoms with E-state index in [1.165, 1.54) is 12.1 Å². The molecule has 0 aliphatic rings. The minimum atomic E-state index is -3.82. The first kappa shape index (κ1) is 15.4. The predicted molar refractivity (Wildman–Crippen MR) is 72.2 cm³/mol. The molecule has 0 aliphatic carbocycles. The maximum absolute atomic E-state index is 12.0. The molecule has 0 unspecified atom stereocenters. The van der Waals surface area contributed by atoms with Gasteiger partial charge in [0.25, 0.3) is 5.69 Å². The van der Waals surface area contributed by atoms with Crippen molar-refractivity contribution in [2.24, 2.45) is 5.92 Å². The molecule has 1 rings (SSSR count). The second kappa shape index (κ2) is 5.98.